The van der Waals surface area contributed by atoms with Crippen molar-refractivity contribution >= 4 is 23.2 Å². The molecule has 3 rings (SSSR count). The summed E-state index contributed by atoms with van der Waals surface area (Å²) in [5.41, 5.74) is 1.37. The predicted molar refractivity (Wildman–Crippen MR) is 89.3 cm³/mol. The summed E-state index contributed by atoms with van der Waals surface area (Å²) in [4.78, 5) is 29.4. The van der Waals surface area contributed by atoms with Gasteiger partial charge in [-0.1, -0.05) is 6.07 Å². The number of hydrogen-bond acceptors (Lipinski definition) is 5. The largest absolute Gasteiger partial charge is 0.487 e. The monoisotopic (exact) mass is 346 g/mol. The fraction of sp³-hybridized carbons (Fsp3) is 0.353. The Hall–Kier alpha value is -2.41. The molecule has 1 fully saturated rings. The number of carbonyl (C=O) groups is 2. The highest BCUT2D eigenvalue weighted by atomic mass is 32.1. The van der Waals surface area contributed by atoms with Crippen LogP contribution in [0.1, 0.15) is 27.5 Å². The van der Waals surface area contributed by atoms with Crippen LogP contribution in [-0.4, -0.2) is 40.0 Å². The molecule has 0 unspecified atom stereocenters. The smallest absolute Gasteiger partial charge is 0.308 e. The van der Waals surface area contributed by atoms with Crippen molar-refractivity contribution < 1.29 is 19.4 Å². The van der Waals surface area contributed by atoms with Gasteiger partial charge in [0.05, 0.1) is 16.6 Å². The number of likely N-dealkylation sites (tertiary alicyclic amines) is 1. The van der Waals surface area contributed by atoms with Crippen LogP contribution < -0.4 is 4.74 Å². The zero-order valence-electron chi connectivity index (χ0n) is 13.3. The molecule has 0 saturated carbocycles. The van der Waals surface area contributed by atoms with Gasteiger partial charge in [0.2, 0.25) is 0 Å². The number of hydrogen-bond donors (Lipinski definition) is 1. The van der Waals surface area contributed by atoms with Gasteiger partial charge in [0.1, 0.15) is 12.4 Å². The molecule has 1 amide bonds. The van der Waals surface area contributed by atoms with Gasteiger partial charge in [0, 0.05) is 24.0 Å². The number of ether oxygens (including phenoxy) is 1. The Kier molecular flexibility index (Phi) is 4.80. The molecular weight excluding hydrogens is 328 g/mol. The molecule has 2 aromatic rings. The minimum atomic E-state index is -0.846. The second-order valence-corrected chi connectivity index (χ2v) is 6.81. The zero-order chi connectivity index (χ0) is 17.1. The molecule has 1 aromatic carbocycles. The van der Waals surface area contributed by atoms with E-state index in [0.717, 1.165) is 10.7 Å². The van der Waals surface area contributed by atoms with Crippen molar-refractivity contribution in [3.05, 3.63) is 45.9 Å². The van der Waals surface area contributed by atoms with E-state index in [1.165, 1.54) is 0 Å². The molecule has 0 radical (unpaired) electrons. The molecule has 0 aliphatic carbocycles. The third-order valence-electron chi connectivity index (χ3n) is 3.96. The standard InChI is InChI=1S/C17H18N2O4S/c1-11-18-14(10-24-11)9-23-15-4-2-3-12(7-15)16(20)19-6-5-13(8-19)17(21)22/h2-4,7,10,13H,5-6,8-9H2,1H3,(H,21,22)/t13-/m1/s1. The maximum atomic E-state index is 12.5. The minimum absolute atomic E-state index is 0.159. The van der Waals surface area contributed by atoms with Gasteiger partial charge in [-0.2, -0.15) is 0 Å². The number of aryl methyl sites for hydroxylation is 1. The lowest BCUT2D eigenvalue weighted by Crippen LogP contribution is -2.29. The molecule has 1 aliphatic heterocycles. The van der Waals surface area contributed by atoms with E-state index < -0.39 is 11.9 Å². The Morgan fingerprint density at radius 2 is 2.29 bits per heavy atom. The van der Waals surface area contributed by atoms with E-state index >= 15 is 0 Å². The molecule has 126 valence electrons. The van der Waals surface area contributed by atoms with Gasteiger partial charge in [-0.3, -0.25) is 9.59 Å². The second-order valence-electron chi connectivity index (χ2n) is 5.75. The number of nitrogens with zero attached hydrogens (tertiary/aromatic N) is 2. The summed E-state index contributed by atoms with van der Waals surface area (Å²) in [6.45, 7) is 3.02. The number of aliphatic carboxylic acids is 1. The van der Waals surface area contributed by atoms with Crippen molar-refractivity contribution in [2.24, 2.45) is 5.92 Å². The first-order valence-electron chi connectivity index (χ1n) is 7.69. The average Bonchev–Trinajstić information content (AvgIpc) is 3.21. The third-order valence-corrected chi connectivity index (χ3v) is 4.78. The summed E-state index contributed by atoms with van der Waals surface area (Å²) < 4.78 is 5.70. The van der Waals surface area contributed by atoms with Gasteiger partial charge < -0.3 is 14.7 Å². The molecule has 1 atom stereocenters. The fourth-order valence-electron chi connectivity index (χ4n) is 2.68. The summed E-state index contributed by atoms with van der Waals surface area (Å²) in [5.74, 6) is -0.878. The van der Waals surface area contributed by atoms with Crippen LogP contribution in [0, 0.1) is 12.8 Å². The van der Waals surface area contributed by atoms with E-state index in [1.807, 2.05) is 12.3 Å². The van der Waals surface area contributed by atoms with Gasteiger partial charge in [0.15, 0.2) is 0 Å². The number of aromatic nitrogens is 1. The Labute approximate surface area is 143 Å². The van der Waals surface area contributed by atoms with Crippen LogP contribution in [0.4, 0.5) is 0 Å². The van der Waals surface area contributed by atoms with Crippen LogP contribution >= 0.6 is 11.3 Å². The molecule has 24 heavy (non-hydrogen) atoms. The first kappa shape index (κ1) is 16.4. The number of carboxylic acid groups (broad SMARTS) is 1. The lowest BCUT2D eigenvalue weighted by Gasteiger charge is -2.16. The molecule has 1 saturated heterocycles. The van der Waals surface area contributed by atoms with Crippen molar-refractivity contribution in [1.82, 2.24) is 9.88 Å². The summed E-state index contributed by atoms with van der Waals surface area (Å²) >= 11 is 1.57. The first-order valence-corrected chi connectivity index (χ1v) is 8.57. The van der Waals surface area contributed by atoms with E-state index in [-0.39, 0.29) is 12.5 Å². The van der Waals surface area contributed by atoms with E-state index in [1.54, 1.807) is 40.5 Å². The number of rotatable bonds is 5. The van der Waals surface area contributed by atoms with Crippen molar-refractivity contribution in [2.75, 3.05) is 13.1 Å². The average molecular weight is 346 g/mol. The molecule has 0 bridgehead atoms. The predicted octanol–water partition coefficient (Wildman–Crippen LogP) is 2.58. The normalized spacial score (nSPS) is 17.0. The van der Waals surface area contributed by atoms with Crippen LogP contribution in [0.15, 0.2) is 29.6 Å². The molecule has 1 N–H and O–H groups in total. The third kappa shape index (κ3) is 3.73. The quantitative estimate of drug-likeness (QED) is 0.900. The molecule has 7 heteroatoms. The maximum absolute atomic E-state index is 12.5. The van der Waals surface area contributed by atoms with Gasteiger partial charge in [-0.15, -0.1) is 11.3 Å². The summed E-state index contributed by atoms with van der Waals surface area (Å²) in [7, 11) is 0. The highest BCUT2D eigenvalue weighted by molar-refractivity contribution is 7.09. The Balaban J connectivity index is 1.64. The first-order chi connectivity index (χ1) is 11.5. The summed E-state index contributed by atoms with van der Waals surface area (Å²) in [6, 6.07) is 6.96. The van der Waals surface area contributed by atoms with E-state index in [4.69, 9.17) is 9.84 Å². The molecule has 6 nitrogen and oxygen atoms in total. The van der Waals surface area contributed by atoms with E-state index in [2.05, 4.69) is 4.98 Å². The molecule has 1 aliphatic rings. The fourth-order valence-corrected chi connectivity index (χ4v) is 3.28. The zero-order valence-corrected chi connectivity index (χ0v) is 14.1. The lowest BCUT2D eigenvalue weighted by atomic mass is 10.1. The summed E-state index contributed by atoms with van der Waals surface area (Å²) in [5, 5.41) is 12.0. The Morgan fingerprint density at radius 1 is 1.46 bits per heavy atom. The SMILES string of the molecule is Cc1nc(COc2cccc(C(=O)N3CC[C@@H](C(=O)O)C3)c2)cs1. The van der Waals surface area contributed by atoms with Gasteiger partial charge >= 0.3 is 5.97 Å². The molecule has 2 heterocycles. The topological polar surface area (TPSA) is 79.7 Å². The number of amides is 1. The van der Waals surface area contributed by atoms with Crippen LogP contribution in [0.3, 0.4) is 0 Å². The van der Waals surface area contributed by atoms with Crippen molar-refractivity contribution in [3.8, 4) is 5.75 Å². The number of carboxylic acids is 1. The van der Waals surface area contributed by atoms with Crippen LogP contribution in [0.2, 0.25) is 0 Å². The number of benzene rings is 1. The van der Waals surface area contributed by atoms with Crippen LogP contribution in [0.5, 0.6) is 5.75 Å². The lowest BCUT2D eigenvalue weighted by molar-refractivity contribution is -0.141. The molecular formula is C17H18N2O4S. The van der Waals surface area contributed by atoms with Gasteiger partial charge in [-0.05, 0) is 31.5 Å². The van der Waals surface area contributed by atoms with Gasteiger partial charge in [0.25, 0.3) is 5.91 Å². The molecule has 0 spiro atoms. The van der Waals surface area contributed by atoms with E-state index in [0.29, 0.717) is 30.9 Å². The summed E-state index contributed by atoms with van der Waals surface area (Å²) in [6.07, 6.45) is 0.500. The van der Waals surface area contributed by atoms with E-state index in [9.17, 15) is 9.59 Å². The van der Waals surface area contributed by atoms with Crippen molar-refractivity contribution in [3.63, 3.8) is 0 Å². The molecule has 1 aromatic heterocycles. The minimum Gasteiger partial charge on any atom is -0.487 e. The number of thiazole rings is 1. The highest BCUT2D eigenvalue weighted by Gasteiger charge is 2.31. The highest BCUT2D eigenvalue weighted by Crippen LogP contribution is 2.21. The number of carbonyl (C=O) groups excluding carboxylic acids is 1. The van der Waals surface area contributed by atoms with Gasteiger partial charge in [-0.25, -0.2) is 4.98 Å². The van der Waals surface area contributed by atoms with Crippen LogP contribution in [-0.2, 0) is 11.4 Å². The van der Waals surface area contributed by atoms with Crippen molar-refractivity contribution in [2.45, 2.75) is 20.0 Å². The second kappa shape index (κ2) is 7.00. The van der Waals surface area contributed by atoms with Crippen LogP contribution in [0.25, 0.3) is 0 Å². The Bertz CT molecular complexity index is 759. The van der Waals surface area contributed by atoms with Crippen molar-refractivity contribution in [1.29, 1.82) is 0 Å². The maximum Gasteiger partial charge on any atom is 0.308 e. The Morgan fingerprint density at radius 3 is 2.96 bits per heavy atom.